The topological polar surface area (TPSA) is 36.4 Å². The van der Waals surface area contributed by atoms with Crippen molar-refractivity contribution in [1.29, 1.82) is 0 Å². The smallest absolute Gasteiger partial charge is 0.385 e. The van der Waals surface area contributed by atoms with Gasteiger partial charge in [0, 0.05) is 24.5 Å². The Labute approximate surface area is 116 Å². The molecule has 3 nitrogen and oxygen atoms in total. The summed E-state index contributed by atoms with van der Waals surface area (Å²) in [6, 6.07) is 0.940. The fraction of sp³-hybridized carbons (Fsp3) is 0.643. The van der Waals surface area contributed by atoms with Crippen LogP contribution in [0.1, 0.15) is 37.3 Å². The molecule has 1 atom stereocenters. The second kappa shape index (κ2) is 5.69. The lowest BCUT2D eigenvalue weighted by Gasteiger charge is -2.29. The molecule has 2 heterocycles. The Morgan fingerprint density at radius 2 is 2.10 bits per heavy atom. The third-order valence-corrected chi connectivity index (χ3v) is 3.98. The van der Waals surface area contributed by atoms with Gasteiger partial charge >= 0.3 is 6.18 Å². The van der Waals surface area contributed by atoms with E-state index < -0.39 is 17.3 Å². The molecule has 20 heavy (non-hydrogen) atoms. The number of pyridine rings is 1. The Morgan fingerprint density at radius 3 is 2.75 bits per heavy atom. The fourth-order valence-electron chi connectivity index (χ4n) is 2.77. The summed E-state index contributed by atoms with van der Waals surface area (Å²) in [5, 5.41) is 10.7. The lowest BCUT2D eigenvalue weighted by Crippen LogP contribution is -2.31. The predicted molar refractivity (Wildman–Crippen MR) is 69.1 cm³/mol. The minimum absolute atomic E-state index is 0.0922. The van der Waals surface area contributed by atoms with Gasteiger partial charge < -0.3 is 10.0 Å². The van der Waals surface area contributed by atoms with Gasteiger partial charge in [-0.3, -0.25) is 4.98 Å². The quantitative estimate of drug-likeness (QED) is 0.909. The molecule has 112 valence electrons. The first-order valence-corrected chi connectivity index (χ1v) is 6.83. The zero-order valence-electron chi connectivity index (χ0n) is 11.5. The third-order valence-electron chi connectivity index (χ3n) is 3.98. The predicted octanol–water partition coefficient (Wildman–Crippen LogP) is 2.79. The van der Waals surface area contributed by atoms with Gasteiger partial charge in [0.1, 0.15) is 0 Å². The van der Waals surface area contributed by atoms with Gasteiger partial charge in [-0.15, -0.1) is 0 Å². The molecule has 1 aliphatic rings. The Balaban J connectivity index is 2.35. The van der Waals surface area contributed by atoms with E-state index in [1.807, 2.05) is 6.92 Å². The van der Waals surface area contributed by atoms with Crippen molar-refractivity contribution in [2.24, 2.45) is 0 Å². The normalized spacial score (nSPS) is 25.4. The molecule has 0 amide bonds. The average Bonchev–Trinajstić information content (AvgIpc) is 2.60. The number of hydrogen-bond acceptors (Lipinski definition) is 3. The van der Waals surface area contributed by atoms with Crippen molar-refractivity contribution in [3.05, 3.63) is 29.6 Å². The number of halogens is 3. The number of hydrogen-bond donors (Lipinski definition) is 1. The maximum absolute atomic E-state index is 13.1. The first-order chi connectivity index (χ1) is 9.37. The number of likely N-dealkylation sites (tertiary alicyclic amines) is 1. The highest BCUT2D eigenvalue weighted by Gasteiger charge is 2.41. The maximum atomic E-state index is 13.1. The van der Waals surface area contributed by atoms with Crippen molar-refractivity contribution in [1.82, 2.24) is 9.88 Å². The minimum atomic E-state index is -4.47. The SMILES string of the molecule is CCN1CCCC(O)(c2cnccc2C(F)(F)F)CC1. The molecule has 6 heteroatoms. The molecule has 0 aliphatic carbocycles. The average molecular weight is 288 g/mol. The van der Waals surface area contributed by atoms with Gasteiger partial charge in [-0.2, -0.15) is 13.2 Å². The molecule has 1 unspecified atom stereocenters. The van der Waals surface area contributed by atoms with Crippen LogP contribution in [0.2, 0.25) is 0 Å². The van der Waals surface area contributed by atoms with Crippen LogP contribution in [0.3, 0.4) is 0 Å². The fourth-order valence-corrected chi connectivity index (χ4v) is 2.77. The lowest BCUT2D eigenvalue weighted by atomic mass is 9.85. The number of aromatic nitrogens is 1. The van der Waals surface area contributed by atoms with Crippen molar-refractivity contribution < 1.29 is 18.3 Å². The lowest BCUT2D eigenvalue weighted by molar-refractivity contribution is -0.141. The highest BCUT2D eigenvalue weighted by atomic mass is 19.4. The van der Waals surface area contributed by atoms with Crippen LogP contribution in [0.5, 0.6) is 0 Å². The van der Waals surface area contributed by atoms with E-state index in [4.69, 9.17) is 0 Å². The molecule has 1 N–H and O–H groups in total. The number of nitrogens with zero attached hydrogens (tertiary/aromatic N) is 2. The second-order valence-electron chi connectivity index (χ2n) is 5.24. The van der Waals surface area contributed by atoms with Crippen molar-refractivity contribution in [2.45, 2.75) is 38.0 Å². The molecule has 1 aromatic rings. The summed E-state index contributed by atoms with van der Waals surface area (Å²) >= 11 is 0. The standard InChI is InChI=1S/C14H19F3N2O/c1-2-19-8-3-5-13(20,6-9-19)12-10-18-7-4-11(12)14(15,16)17/h4,7,10,20H,2-3,5-6,8-9H2,1H3. The summed E-state index contributed by atoms with van der Waals surface area (Å²) in [7, 11) is 0. The second-order valence-corrected chi connectivity index (χ2v) is 5.24. The third kappa shape index (κ3) is 3.12. The molecular formula is C14H19F3N2O. The number of rotatable bonds is 2. The highest BCUT2D eigenvalue weighted by Crippen LogP contribution is 2.40. The minimum Gasteiger partial charge on any atom is -0.385 e. The summed E-state index contributed by atoms with van der Waals surface area (Å²) in [5.41, 5.74) is -2.31. The summed E-state index contributed by atoms with van der Waals surface area (Å²) in [6.07, 6.45) is -0.885. The number of alkyl halides is 3. The van der Waals surface area contributed by atoms with Crippen LogP contribution >= 0.6 is 0 Å². The van der Waals surface area contributed by atoms with Gasteiger partial charge in [-0.05, 0) is 38.4 Å². The molecule has 1 aromatic heterocycles. The van der Waals surface area contributed by atoms with Crippen LogP contribution in [-0.2, 0) is 11.8 Å². The van der Waals surface area contributed by atoms with Gasteiger partial charge in [0.2, 0.25) is 0 Å². The van der Waals surface area contributed by atoms with E-state index in [9.17, 15) is 18.3 Å². The van der Waals surface area contributed by atoms with E-state index in [0.29, 0.717) is 25.8 Å². The van der Waals surface area contributed by atoms with Crippen LogP contribution in [0.25, 0.3) is 0 Å². The van der Waals surface area contributed by atoms with Gasteiger partial charge in [-0.25, -0.2) is 0 Å². The molecule has 1 fully saturated rings. The van der Waals surface area contributed by atoms with Crippen LogP contribution in [-0.4, -0.2) is 34.6 Å². The molecule has 1 aliphatic heterocycles. The van der Waals surface area contributed by atoms with Crippen LogP contribution < -0.4 is 0 Å². The summed E-state index contributed by atoms with van der Waals surface area (Å²) < 4.78 is 39.2. The van der Waals surface area contributed by atoms with Crippen molar-refractivity contribution in [3.63, 3.8) is 0 Å². The summed E-state index contributed by atoms with van der Waals surface area (Å²) in [6.45, 7) is 4.25. The van der Waals surface area contributed by atoms with E-state index in [1.165, 1.54) is 0 Å². The van der Waals surface area contributed by atoms with Crippen LogP contribution in [0.15, 0.2) is 18.5 Å². The summed E-state index contributed by atoms with van der Waals surface area (Å²) in [5.74, 6) is 0. The van der Waals surface area contributed by atoms with E-state index in [1.54, 1.807) is 0 Å². The van der Waals surface area contributed by atoms with Crippen LogP contribution in [0.4, 0.5) is 13.2 Å². The zero-order chi connectivity index (χ0) is 14.8. The van der Waals surface area contributed by atoms with E-state index in [-0.39, 0.29) is 5.56 Å². The molecule has 0 bridgehead atoms. The monoisotopic (exact) mass is 288 g/mol. The van der Waals surface area contributed by atoms with Gasteiger partial charge in [0.25, 0.3) is 0 Å². The Hall–Kier alpha value is -1.14. The Bertz CT molecular complexity index is 464. The van der Waals surface area contributed by atoms with E-state index in [2.05, 4.69) is 9.88 Å². The Kier molecular flexibility index (Phi) is 4.34. The first-order valence-electron chi connectivity index (χ1n) is 6.83. The molecule has 2 rings (SSSR count). The van der Waals surface area contributed by atoms with Crippen LogP contribution in [0, 0.1) is 0 Å². The zero-order valence-corrected chi connectivity index (χ0v) is 11.5. The molecule has 0 aromatic carbocycles. The van der Waals surface area contributed by atoms with Crippen molar-refractivity contribution in [2.75, 3.05) is 19.6 Å². The molecule has 0 spiro atoms. The molecule has 0 radical (unpaired) electrons. The van der Waals surface area contributed by atoms with Gasteiger partial charge in [0.05, 0.1) is 11.2 Å². The summed E-state index contributed by atoms with van der Waals surface area (Å²) in [4.78, 5) is 5.92. The van der Waals surface area contributed by atoms with E-state index in [0.717, 1.165) is 31.5 Å². The maximum Gasteiger partial charge on any atom is 0.416 e. The van der Waals surface area contributed by atoms with E-state index >= 15 is 0 Å². The van der Waals surface area contributed by atoms with Crippen molar-refractivity contribution in [3.8, 4) is 0 Å². The highest BCUT2D eigenvalue weighted by molar-refractivity contribution is 5.32. The largest absolute Gasteiger partial charge is 0.416 e. The van der Waals surface area contributed by atoms with Gasteiger partial charge in [0.15, 0.2) is 0 Å². The van der Waals surface area contributed by atoms with Crippen molar-refractivity contribution >= 4 is 0 Å². The molecular weight excluding hydrogens is 269 g/mol. The number of aliphatic hydroxyl groups is 1. The molecule has 0 saturated carbocycles. The molecule has 1 saturated heterocycles. The Morgan fingerprint density at radius 1 is 1.35 bits per heavy atom. The van der Waals surface area contributed by atoms with Gasteiger partial charge in [-0.1, -0.05) is 6.92 Å². The first kappa shape index (κ1) is 15.3.